The van der Waals surface area contributed by atoms with E-state index < -0.39 is 35.8 Å². The first-order valence-corrected chi connectivity index (χ1v) is 7.69. The largest absolute Gasteiger partial charge is 0.336 e. The molecular formula is C15H20N4O4. The summed E-state index contributed by atoms with van der Waals surface area (Å²) in [6, 6.07) is 1.33. The number of hydrogen-bond donors (Lipinski definition) is 1. The molecule has 23 heavy (non-hydrogen) atoms. The molecule has 124 valence electrons. The minimum absolute atomic E-state index is 0.0184. The molecule has 8 heteroatoms. The molecule has 2 rings (SSSR count). The number of amides is 5. The Kier molecular flexibility index (Phi) is 4.68. The predicted octanol–water partition coefficient (Wildman–Crippen LogP) is 0.386. The van der Waals surface area contributed by atoms with Crippen molar-refractivity contribution < 1.29 is 19.2 Å². The molecule has 2 aliphatic rings. The fourth-order valence-corrected chi connectivity index (χ4v) is 2.91. The summed E-state index contributed by atoms with van der Waals surface area (Å²) in [6.07, 6.45) is 2.79. The van der Waals surface area contributed by atoms with Crippen molar-refractivity contribution in [2.24, 2.45) is 5.92 Å². The van der Waals surface area contributed by atoms with Crippen molar-refractivity contribution in [3.8, 4) is 6.07 Å². The lowest BCUT2D eigenvalue weighted by molar-refractivity contribution is -0.144. The van der Waals surface area contributed by atoms with Crippen LogP contribution in [0.4, 0.5) is 4.79 Å². The minimum Gasteiger partial charge on any atom is -0.336 e. The second kappa shape index (κ2) is 6.36. The maximum atomic E-state index is 12.1. The van der Waals surface area contributed by atoms with Crippen molar-refractivity contribution in [1.29, 1.82) is 5.26 Å². The standard InChI is InChI=1S/C15H20N4O4/c1-10(2)7-18-12(21)13(22)19(14(18)23)8-11(20)17-15(9-16)5-3-4-6-15/h10H,3-8H2,1-2H3,(H,17,20). The zero-order valence-electron chi connectivity index (χ0n) is 13.3. The molecule has 5 amide bonds. The number of nitriles is 1. The molecule has 1 aliphatic heterocycles. The number of carbonyl (C=O) groups excluding carboxylic acids is 4. The summed E-state index contributed by atoms with van der Waals surface area (Å²) in [6.45, 7) is 3.22. The number of nitrogens with one attached hydrogen (secondary N) is 1. The van der Waals surface area contributed by atoms with Gasteiger partial charge in [-0.15, -0.1) is 0 Å². The maximum absolute atomic E-state index is 12.1. The van der Waals surface area contributed by atoms with E-state index >= 15 is 0 Å². The molecule has 0 bridgehead atoms. The molecule has 1 heterocycles. The fraction of sp³-hybridized carbons (Fsp3) is 0.667. The lowest BCUT2D eigenvalue weighted by Gasteiger charge is -2.23. The Morgan fingerprint density at radius 3 is 2.30 bits per heavy atom. The first-order valence-electron chi connectivity index (χ1n) is 7.69. The zero-order valence-corrected chi connectivity index (χ0v) is 13.3. The Labute approximate surface area is 134 Å². The Hall–Kier alpha value is -2.43. The van der Waals surface area contributed by atoms with Gasteiger partial charge < -0.3 is 5.32 Å². The van der Waals surface area contributed by atoms with Crippen molar-refractivity contribution >= 4 is 23.8 Å². The van der Waals surface area contributed by atoms with Gasteiger partial charge in [0.15, 0.2) is 0 Å². The van der Waals surface area contributed by atoms with Gasteiger partial charge >= 0.3 is 17.8 Å². The SMILES string of the molecule is CC(C)CN1C(=O)C(=O)N(CC(=O)NC2(C#N)CCCC2)C1=O. The van der Waals surface area contributed by atoms with Crippen LogP contribution in [0.1, 0.15) is 39.5 Å². The summed E-state index contributed by atoms with van der Waals surface area (Å²) in [5, 5.41) is 11.8. The van der Waals surface area contributed by atoms with E-state index in [2.05, 4.69) is 11.4 Å². The molecule has 1 aliphatic carbocycles. The lowest BCUT2D eigenvalue weighted by Crippen LogP contribution is -2.50. The van der Waals surface area contributed by atoms with E-state index in [9.17, 15) is 24.4 Å². The lowest BCUT2D eigenvalue weighted by atomic mass is 10.00. The second-order valence-electron chi connectivity index (χ2n) is 6.43. The monoisotopic (exact) mass is 320 g/mol. The van der Waals surface area contributed by atoms with Crippen molar-refractivity contribution in [2.75, 3.05) is 13.1 Å². The molecule has 0 unspecified atom stereocenters. The Morgan fingerprint density at radius 2 is 1.78 bits per heavy atom. The number of nitrogens with zero attached hydrogens (tertiary/aromatic N) is 3. The van der Waals surface area contributed by atoms with E-state index in [0.717, 1.165) is 17.7 Å². The van der Waals surface area contributed by atoms with Crippen molar-refractivity contribution in [1.82, 2.24) is 15.1 Å². The van der Waals surface area contributed by atoms with Crippen LogP contribution in [0.5, 0.6) is 0 Å². The predicted molar refractivity (Wildman–Crippen MR) is 78.6 cm³/mol. The Balaban J connectivity index is 2.03. The highest BCUT2D eigenvalue weighted by Crippen LogP contribution is 2.28. The number of rotatable bonds is 5. The van der Waals surface area contributed by atoms with Gasteiger partial charge in [-0.2, -0.15) is 5.26 Å². The van der Waals surface area contributed by atoms with Gasteiger partial charge in [0, 0.05) is 6.54 Å². The van der Waals surface area contributed by atoms with E-state index in [1.807, 2.05) is 13.8 Å². The zero-order chi connectivity index (χ0) is 17.2. The average molecular weight is 320 g/mol. The molecule has 0 atom stereocenters. The Bertz CT molecular complexity index is 587. The van der Waals surface area contributed by atoms with Crippen LogP contribution in [0.25, 0.3) is 0 Å². The summed E-state index contributed by atoms with van der Waals surface area (Å²) < 4.78 is 0. The molecule has 0 aromatic carbocycles. The van der Waals surface area contributed by atoms with Crippen LogP contribution in [0, 0.1) is 17.2 Å². The van der Waals surface area contributed by atoms with Crippen LogP contribution < -0.4 is 5.32 Å². The van der Waals surface area contributed by atoms with Gasteiger partial charge in [-0.1, -0.05) is 13.8 Å². The Morgan fingerprint density at radius 1 is 1.22 bits per heavy atom. The highest BCUT2D eigenvalue weighted by molar-refractivity contribution is 6.45. The van der Waals surface area contributed by atoms with Crippen LogP contribution in [-0.2, 0) is 14.4 Å². The smallest absolute Gasteiger partial charge is 0.334 e. The van der Waals surface area contributed by atoms with Crippen LogP contribution in [-0.4, -0.2) is 52.2 Å². The van der Waals surface area contributed by atoms with Crippen molar-refractivity contribution in [2.45, 2.75) is 45.1 Å². The number of urea groups is 1. The highest BCUT2D eigenvalue weighted by atomic mass is 16.2. The first-order chi connectivity index (χ1) is 10.8. The normalized spacial score (nSPS) is 20.3. The molecule has 1 saturated carbocycles. The quantitative estimate of drug-likeness (QED) is 0.582. The third-order valence-electron chi connectivity index (χ3n) is 4.03. The van der Waals surface area contributed by atoms with Gasteiger partial charge in [0.1, 0.15) is 12.1 Å². The molecule has 0 aromatic heterocycles. The number of hydrogen-bond acceptors (Lipinski definition) is 5. The summed E-state index contributed by atoms with van der Waals surface area (Å²) >= 11 is 0. The van der Waals surface area contributed by atoms with E-state index in [1.165, 1.54) is 0 Å². The fourth-order valence-electron chi connectivity index (χ4n) is 2.91. The third kappa shape index (κ3) is 3.33. The number of imide groups is 2. The average Bonchev–Trinajstić information content (AvgIpc) is 3.03. The van der Waals surface area contributed by atoms with Crippen LogP contribution in [0.2, 0.25) is 0 Å². The molecule has 1 N–H and O–H groups in total. The first kappa shape index (κ1) is 16.9. The number of carbonyl (C=O) groups is 4. The second-order valence-corrected chi connectivity index (χ2v) is 6.43. The van der Waals surface area contributed by atoms with Gasteiger partial charge in [0.05, 0.1) is 6.07 Å². The topological polar surface area (TPSA) is 111 Å². The van der Waals surface area contributed by atoms with Crippen LogP contribution >= 0.6 is 0 Å². The van der Waals surface area contributed by atoms with Gasteiger partial charge in [-0.3, -0.25) is 19.3 Å². The van der Waals surface area contributed by atoms with Crippen molar-refractivity contribution in [3.05, 3.63) is 0 Å². The summed E-state index contributed by atoms with van der Waals surface area (Å²) in [4.78, 5) is 49.5. The van der Waals surface area contributed by atoms with Gasteiger partial charge in [0.25, 0.3) is 0 Å². The minimum atomic E-state index is -0.997. The van der Waals surface area contributed by atoms with Gasteiger partial charge in [0.2, 0.25) is 5.91 Å². The van der Waals surface area contributed by atoms with Crippen LogP contribution in [0.3, 0.4) is 0 Å². The summed E-state index contributed by atoms with van der Waals surface area (Å²) in [5.74, 6) is -2.49. The maximum Gasteiger partial charge on any atom is 0.334 e. The van der Waals surface area contributed by atoms with E-state index in [0.29, 0.717) is 17.7 Å². The molecule has 2 fully saturated rings. The molecule has 1 saturated heterocycles. The molecular weight excluding hydrogens is 300 g/mol. The molecule has 0 spiro atoms. The molecule has 0 aromatic rings. The van der Waals surface area contributed by atoms with E-state index in [4.69, 9.17) is 0 Å². The van der Waals surface area contributed by atoms with Gasteiger partial charge in [-0.25, -0.2) is 9.69 Å². The van der Waals surface area contributed by atoms with E-state index in [-0.39, 0.29) is 12.5 Å². The highest BCUT2D eigenvalue weighted by Gasteiger charge is 2.46. The van der Waals surface area contributed by atoms with Crippen LogP contribution in [0.15, 0.2) is 0 Å². The van der Waals surface area contributed by atoms with Gasteiger partial charge in [-0.05, 0) is 31.6 Å². The molecule has 8 nitrogen and oxygen atoms in total. The van der Waals surface area contributed by atoms with E-state index in [1.54, 1.807) is 0 Å². The van der Waals surface area contributed by atoms with Crippen molar-refractivity contribution in [3.63, 3.8) is 0 Å². The summed E-state index contributed by atoms with van der Waals surface area (Å²) in [5.41, 5.74) is -0.926. The molecule has 0 radical (unpaired) electrons. The third-order valence-corrected chi connectivity index (χ3v) is 4.03. The summed E-state index contributed by atoms with van der Waals surface area (Å²) in [7, 11) is 0.